The molecule has 0 aliphatic heterocycles. The normalized spacial score (nSPS) is 12.5. The zero-order chi connectivity index (χ0) is 18.3. The van der Waals surface area contributed by atoms with Gasteiger partial charge in [-0.2, -0.15) is 5.10 Å². The highest BCUT2D eigenvalue weighted by Crippen LogP contribution is 2.27. The van der Waals surface area contributed by atoms with Gasteiger partial charge in [0.25, 0.3) is 0 Å². The molecular formula is C20H20FN5. The fraction of sp³-hybridized carbons (Fsp3) is 0.200. The van der Waals surface area contributed by atoms with Gasteiger partial charge in [-0.05, 0) is 42.8 Å². The Hall–Kier alpha value is -3.15. The molecule has 0 saturated carbocycles. The Morgan fingerprint density at radius 1 is 1.19 bits per heavy atom. The van der Waals surface area contributed by atoms with Gasteiger partial charge in [0.15, 0.2) is 0 Å². The molecule has 1 atom stereocenters. The smallest absolute Gasteiger partial charge is 0.148 e. The van der Waals surface area contributed by atoms with E-state index in [0.29, 0.717) is 5.39 Å². The summed E-state index contributed by atoms with van der Waals surface area (Å²) in [6.45, 7) is 4.14. The third-order valence-corrected chi connectivity index (χ3v) is 4.67. The number of H-pyrrole nitrogens is 1. The number of nitrogens with zero attached hydrogens (tertiary/aromatic N) is 3. The molecule has 132 valence electrons. The maximum Gasteiger partial charge on any atom is 0.148 e. The Kier molecular flexibility index (Phi) is 3.95. The van der Waals surface area contributed by atoms with E-state index in [1.165, 1.54) is 6.20 Å². The van der Waals surface area contributed by atoms with E-state index in [9.17, 15) is 4.39 Å². The first-order valence-corrected chi connectivity index (χ1v) is 8.52. The van der Waals surface area contributed by atoms with Crippen LogP contribution >= 0.6 is 0 Å². The van der Waals surface area contributed by atoms with E-state index in [1.54, 1.807) is 6.07 Å². The number of aromatic nitrogens is 4. The van der Waals surface area contributed by atoms with Gasteiger partial charge in [-0.3, -0.25) is 4.68 Å². The van der Waals surface area contributed by atoms with Gasteiger partial charge in [0.2, 0.25) is 0 Å². The van der Waals surface area contributed by atoms with Crippen LogP contribution in [0.1, 0.15) is 29.8 Å². The number of halogens is 1. The number of aryl methyl sites for hydroxylation is 2. The van der Waals surface area contributed by atoms with E-state index >= 15 is 0 Å². The third-order valence-electron chi connectivity index (χ3n) is 4.67. The monoisotopic (exact) mass is 349 g/mol. The standard InChI is InChI=1S/C20H20FN5/c1-12(18-8-9-26(3)25-18)15-6-7-20(23-13(15)2)24-14-4-5-16-17(21)11-22-19(16)10-14/h4-12,22H,1-3H3,(H,23,24). The van der Waals surface area contributed by atoms with E-state index in [-0.39, 0.29) is 11.7 Å². The van der Waals surface area contributed by atoms with Crippen LogP contribution in [0.5, 0.6) is 0 Å². The summed E-state index contributed by atoms with van der Waals surface area (Å²) in [5.74, 6) is 0.690. The van der Waals surface area contributed by atoms with Gasteiger partial charge >= 0.3 is 0 Å². The van der Waals surface area contributed by atoms with Gasteiger partial charge in [-0.1, -0.05) is 13.0 Å². The summed E-state index contributed by atoms with van der Waals surface area (Å²) >= 11 is 0. The lowest BCUT2D eigenvalue weighted by Crippen LogP contribution is -2.04. The van der Waals surface area contributed by atoms with Crippen LogP contribution < -0.4 is 5.32 Å². The third kappa shape index (κ3) is 2.94. The van der Waals surface area contributed by atoms with Crippen LogP contribution in [-0.2, 0) is 7.05 Å². The number of hydrogen-bond donors (Lipinski definition) is 2. The lowest BCUT2D eigenvalue weighted by molar-refractivity contribution is 0.639. The Balaban J connectivity index is 1.58. The van der Waals surface area contributed by atoms with Crippen LogP contribution in [-0.4, -0.2) is 19.7 Å². The number of rotatable bonds is 4. The molecule has 0 radical (unpaired) electrons. The fourth-order valence-corrected chi connectivity index (χ4v) is 3.24. The molecule has 0 aliphatic carbocycles. The Morgan fingerprint density at radius 2 is 2.04 bits per heavy atom. The molecule has 5 nitrogen and oxygen atoms in total. The number of nitrogens with one attached hydrogen (secondary N) is 2. The minimum absolute atomic E-state index is 0.177. The van der Waals surface area contributed by atoms with Gasteiger partial charge < -0.3 is 10.3 Å². The second-order valence-electron chi connectivity index (χ2n) is 6.53. The van der Waals surface area contributed by atoms with Gasteiger partial charge in [-0.25, -0.2) is 9.37 Å². The van der Waals surface area contributed by atoms with Crippen LogP contribution in [0, 0.1) is 12.7 Å². The summed E-state index contributed by atoms with van der Waals surface area (Å²) in [6, 6.07) is 11.5. The van der Waals surface area contributed by atoms with Crippen molar-refractivity contribution in [2.75, 3.05) is 5.32 Å². The second-order valence-corrected chi connectivity index (χ2v) is 6.53. The average Bonchev–Trinajstić information content (AvgIpc) is 3.21. The molecule has 26 heavy (non-hydrogen) atoms. The zero-order valence-corrected chi connectivity index (χ0v) is 14.9. The molecule has 1 unspecified atom stereocenters. The lowest BCUT2D eigenvalue weighted by atomic mass is 9.97. The van der Waals surface area contributed by atoms with Gasteiger partial charge in [-0.15, -0.1) is 0 Å². The highest BCUT2D eigenvalue weighted by Gasteiger charge is 2.15. The zero-order valence-electron chi connectivity index (χ0n) is 14.9. The first kappa shape index (κ1) is 16.3. The van der Waals surface area contributed by atoms with Crippen LogP contribution in [0.15, 0.2) is 48.8 Å². The van der Waals surface area contributed by atoms with Gasteiger partial charge in [0, 0.05) is 42.1 Å². The summed E-state index contributed by atoms with van der Waals surface area (Å²) in [5.41, 5.74) is 4.75. The first-order chi connectivity index (χ1) is 12.5. The predicted molar refractivity (Wildman–Crippen MR) is 101 cm³/mol. The maximum absolute atomic E-state index is 13.5. The molecule has 2 N–H and O–H groups in total. The van der Waals surface area contributed by atoms with Crippen molar-refractivity contribution < 1.29 is 4.39 Å². The number of benzene rings is 1. The Labute approximate surface area is 150 Å². The van der Waals surface area contributed by atoms with Crippen LogP contribution in [0.3, 0.4) is 0 Å². The lowest BCUT2D eigenvalue weighted by Gasteiger charge is -2.14. The summed E-state index contributed by atoms with van der Waals surface area (Å²) in [7, 11) is 1.92. The van der Waals surface area contributed by atoms with Crippen molar-refractivity contribution in [2.45, 2.75) is 19.8 Å². The van der Waals surface area contributed by atoms with Crippen molar-refractivity contribution in [1.29, 1.82) is 0 Å². The van der Waals surface area contributed by atoms with Crippen LogP contribution in [0.2, 0.25) is 0 Å². The predicted octanol–water partition coefficient (Wildman–Crippen LogP) is 4.64. The topological polar surface area (TPSA) is 58.5 Å². The first-order valence-electron chi connectivity index (χ1n) is 8.52. The van der Waals surface area contributed by atoms with Crippen molar-refractivity contribution in [2.24, 2.45) is 7.05 Å². The van der Waals surface area contributed by atoms with E-state index in [2.05, 4.69) is 33.4 Å². The number of fused-ring (bicyclic) bond motifs is 1. The molecule has 0 amide bonds. The van der Waals surface area contributed by atoms with Crippen molar-refractivity contribution in [3.8, 4) is 0 Å². The summed E-state index contributed by atoms with van der Waals surface area (Å²) in [4.78, 5) is 7.60. The maximum atomic E-state index is 13.5. The van der Waals surface area contributed by atoms with E-state index in [1.807, 2.05) is 49.1 Å². The molecule has 0 fully saturated rings. The molecule has 4 rings (SSSR count). The van der Waals surface area contributed by atoms with E-state index < -0.39 is 0 Å². The molecule has 0 bridgehead atoms. The highest BCUT2D eigenvalue weighted by molar-refractivity contribution is 5.84. The number of aromatic amines is 1. The largest absolute Gasteiger partial charge is 0.358 e. The molecule has 1 aromatic carbocycles. The summed E-state index contributed by atoms with van der Waals surface area (Å²) < 4.78 is 15.4. The molecule has 0 aliphatic rings. The Morgan fingerprint density at radius 3 is 2.77 bits per heavy atom. The molecule has 0 spiro atoms. The Bertz CT molecular complexity index is 1080. The van der Waals surface area contributed by atoms with Crippen molar-refractivity contribution in [1.82, 2.24) is 19.7 Å². The molecule has 6 heteroatoms. The number of hydrogen-bond acceptors (Lipinski definition) is 3. The molecule has 0 saturated heterocycles. The minimum atomic E-state index is -0.242. The van der Waals surface area contributed by atoms with Crippen molar-refractivity contribution in [3.05, 3.63) is 71.6 Å². The number of anilines is 2. The molecule has 3 aromatic heterocycles. The van der Waals surface area contributed by atoms with Gasteiger partial charge in [0.05, 0.1) is 11.2 Å². The SMILES string of the molecule is Cc1nc(Nc2ccc3c(F)c[nH]c3c2)ccc1C(C)c1ccn(C)n1. The minimum Gasteiger partial charge on any atom is -0.358 e. The molecular weight excluding hydrogens is 329 g/mol. The number of pyridine rings is 1. The van der Waals surface area contributed by atoms with Crippen molar-refractivity contribution >= 4 is 22.4 Å². The van der Waals surface area contributed by atoms with Crippen LogP contribution in [0.25, 0.3) is 10.9 Å². The van der Waals surface area contributed by atoms with Crippen LogP contribution in [0.4, 0.5) is 15.9 Å². The average molecular weight is 349 g/mol. The highest BCUT2D eigenvalue weighted by atomic mass is 19.1. The van der Waals surface area contributed by atoms with Crippen molar-refractivity contribution in [3.63, 3.8) is 0 Å². The molecule has 3 heterocycles. The fourth-order valence-electron chi connectivity index (χ4n) is 3.24. The quantitative estimate of drug-likeness (QED) is 0.564. The van der Waals surface area contributed by atoms with E-state index in [0.717, 1.165) is 34.0 Å². The molecule has 4 aromatic rings. The summed E-state index contributed by atoms with van der Waals surface area (Å²) in [5, 5.41) is 8.35. The van der Waals surface area contributed by atoms with Gasteiger partial charge in [0.1, 0.15) is 11.6 Å². The second kappa shape index (κ2) is 6.29. The summed E-state index contributed by atoms with van der Waals surface area (Å²) in [6.07, 6.45) is 3.31. The van der Waals surface area contributed by atoms with E-state index in [4.69, 9.17) is 0 Å².